The van der Waals surface area contributed by atoms with Gasteiger partial charge in [0.05, 0.1) is 0 Å². The number of hydrogen-bond acceptors (Lipinski definition) is 4. The minimum atomic E-state index is 0.0119. The van der Waals surface area contributed by atoms with Gasteiger partial charge in [-0.3, -0.25) is 0 Å². The molecule has 0 bridgehead atoms. The summed E-state index contributed by atoms with van der Waals surface area (Å²) >= 11 is 0. The molecule has 0 atom stereocenters. The Morgan fingerprint density at radius 2 is 1.16 bits per heavy atom. The van der Waals surface area contributed by atoms with E-state index in [0.29, 0.717) is 0 Å². The fourth-order valence-electron chi connectivity index (χ4n) is 7.72. The molecule has 0 amide bonds. The van der Waals surface area contributed by atoms with Crippen molar-refractivity contribution in [2.75, 3.05) is 9.80 Å². The number of furan rings is 1. The molecule has 4 nitrogen and oxygen atoms in total. The van der Waals surface area contributed by atoms with E-state index >= 15 is 0 Å². The molecule has 0 fully saturated rings. The van der Waals surface area contributed by atoms with Crippen molar-refractivity contribution in [2.45, 2.75) is 13.8 Å². The molecule has 3 heterocycles. The van der Waals surface area contributed by atoms with Crippen molar-refractivity contribution in [1.29, 1.82) is 0 Å². The summed E-state index contributed by atoms with van der Waals surface area (Å²) in [4.78, 5) is 4.64. The number of rotatable bonds is 4. The van der Waals surface area contributed by atoms with Gasteiger partial charge in [0.2, 0.25) is 0 Å². The number of anilines is 6. The Kier molecular flexibility index (Phi) is 6.06. The summed E-state index contributed by atoms with van der Waals surface area (Å²) < 4.78 is 13.5. The first-order valence-corrected chi connectivity index (χ1v) is 16.8. The van der Waals surface area contributed by atoms with E-state index in [2.05, 4.69) is 175 Å². The lowest BCUT2D eigenvalue weighted by Gasteiger charge is -2.39. The maximum atomic E-state index is 6.77. The summed E-state index contributed by atoms with van der Waals surface area (Å²) in [6.07, 6.45) is 0. The zero-order valence-electron chi connectivity index (χ0n) is 27.2. The molecule has 10 rings (SSSR count). The fraction of sp³-hybridized carbons (Fsp3) is 0.0455. The fourth-order valence-corrected chi connectivity index (χ4v) is 7.72. The average molecular weight is 631 g/mol. The minimum Gasteiger partial charge on any atom is -0.458 e. The molecular weight excluding hydrogens is 599 g/mol. The SMILES string of the molecule is Cc1ccc(N(c2ccc(C)cc2)c2ccc3c(c2)oc2cc4c(cc23)Oc2cccc3c2B4c2ccccc2N3c2ccccc2)cc1. The summed E-state index contributed by atoms with van der Waals surface area (Å²) in [6, 6.07) is 54.0. The molecule has 232 valence electrons. The van der Waals surface area contributed by atoms with Gasteiger partial charge >= 0.3 is 0 Å². The van der Waals surface area contributed by atoms with Crippen LogP contribution in [0.15, 0.2) is 156 Å². The Balaban J connectivity index is 1.14. The van der Waals surface area contributed by atoms with E-state index < -0.39 is 0 Å². The lowest BCUT2D eigenvalue weighted by atomic mass is 9.34. The highest BCUT2D eigenvalue weighted by atomic mass is 16.5. The van der Waals surface area contributed by atoms with Crippen molar-refractivity contribution in [3.8, 4) is 11.5 Å². The second-order valence-electron chi connectivity index (χ2n) is 13.1. The Labute approximate surface area is 285 Å². The van der Waals surface area contributed by atoms with Crippen LogP contribution in [0.4, 0.5) is 34.1 Å². The van der Waals surface area contributed by atoms with Crippen molar-refractivity contribution < 1.29 is 9.15 Å². The van der Waals surface area contributed by atoms with Crippen LogP contribution in [-0.2, 0) is 0 Å². The molecule has 8 aromatic rings. The summed E-state index contributed by atoms with van der Waals surface area (Å²) in [5.74, 6) is 1.77. The van der Waals surface area contributed by atoms with Gasteiger partial charge in [0, 0.05) is 51.0 Å². The molecule has 2 aliphatic rings. The molecule has 7 aromatic carbocycles. The first kappa shape index (κ1) is 27.9. The molecule has 0 spiro atoms. The predicted molar refractivity (Wildman–Crippen MR) is 204 cm³/mol. The molecular formula is C44H31BN2O2. The van der Waals surface area contributed by atoms with Crippen molar-refractivity contribution >= 4 is 79.2 Å². The number of aryl methyl sites for hydroxylation is 2. The Hall–Kier alpha value is -6.20. The van der Waals surface area contributed by atoms with Gasteiger partial charge in [-0.05, 0) is 109 Å². The van der Waals surface area contributed by atoms with Gasteiger partial charge in [-0.2, -0.15) is 0 Å². The van der Waals surface area contributed by atoms with Gasteiger partial charge in [0.25, 0.3) is 6.71 Å². The molecule has 5 heteroatoms. The first-order valence-electron chi connectivity index (χ1n) is 16.8. The molecule has 2 aliphatic heterocycles. The van der Waals surface area contributed by atoms with E-state index in [1.807, 2.05) is 0 Å². The number of fused-ring (bicyclic) bond motifs is 7. The van der Waals surface area contributed by atoms with Gasteiger partial charge in [-0.15, -0.1) is 0 Å². The van der Waals surface area contributed by atoms with E-state index in [1.165, 1.54) is 27.7 Å². The quantitative estimate of drug-likeness (QED) is 0.181. The molecule has 0 radical (unpaired) electrons. The number of para-hydroxylation sites is 2. The van der Waals surface area contributed by atoms with Crippen molar-refractivity contribution in [2.24, 2.45) is 0 Å². The zero-order valence-corrected chi connectivity index (χ0v) is 27.2. The second-order valence-corrected chi connectivity index (χ2v) is 13.1. The number of benzene rings is 7. The molecule has 0 N–H and O–H groups in total. The lowest BCUT2D eigenvalue weighted by molar-refractivity contribution is 0.488. The van der Waals surface area contributed by atoms with E-state index in [-0.39, 0.29) is 6.71 Å². The summed E-state index contributed by atoms with van der Waals surface area (Å²) in [5.41, 5.74) is 14.4. The van der Waals surface area contributed by atoms with Crippen LogP contribution in [0.1, 0.15) is 11.1 Å². The number of nitrogens with zero attached hydrogens (tertiary/aromatic N) is 2. The normalized spacial score (nSPS) is 12.8. The van der Waals surface area contributed by atoms with Gasteiger partial charge in [-0.25, -0.2) is 0 Å². The highest BCUT2D eigenvalue weighted by molar-refractivity contribution is 6.99. The van der Waals surface area contributed by atoms with Crippen LogP contribution in [0, 0.1) is 13.8 Å². The summed E-state index contributed by atoms with van der Waals surface area (Å²) in [6.45, 7) is 4.25. The molecule has 0 saturated heterocycles. The first-order chi connectivity index (χ1) is 24.1. The third-order valence-electron chi connectivity index (χ3n) is 10.0. The van der Waals surface area contributed by atoms with Crippen LogP contribution in [-0.4, -0.2) is 6.71 Å². The molecule has 0 unspecified atom stereocenters. The van der Waals surface area contributed by atoms with E-state index in [4.69, 9.17) is 9.15 Å². The molecule has 49 heavy (non-hydrogen) atoms. The largest absolute Gasteiger partial charge is 0.458 e. The third kappa shape index (κ3) is 4.32. The van der Waals surface area contributed by atoms with Gasteiger partial charge in [-0.1, -0.05) is 77.9 Å². The third-order valence-corrected chi connectivity index (χ3v) is 10.0. The van der Waals surface area contributed by atoms with Crippen LogP contribution in [0.3, 0.4) is 0 Å². The Morgan fingerprint density at radius 3 is 1.92 bits per heavy atom. The van der Waals surface area contributed by atoms with E-state index in [0.717, 1.165) is 67.3 Å². The van der Waals surface area contributed by atoms with Crippen molar-refractivity contribution in [3.05, 3.63) is 163 Å². The monoisotopic (exact) mass is 630 g/mol. The minimum absolute atomic E-state index is 0.0119. The smallest absolute Gasteiger partial charge is 0.256 e. The average Bonchev–Trinajstić information content (AvgIpc) is 3.49. The van der Waals surface area contributed by atoms with Crippen LogP contribution in [0.5, 0.6) is 11.5 Å². The molecule has 0 aliphatic carbocycles. The molecule has 1 aromatic heterocycles. The highest BCUT2D eigenvalue weighted by Gasteiger charge is 2.42. The predicted octanol–water partition coefficient (Wildman–Crippen LogP) is 10.1. The standard InChI is InChI=1S/C44H31BN2O2/c1-28-15-19-31(20-16-28)46(32-21-17-29(2)18-22-32)33-23-24-34-35-26-43-37(27-42(35)49-41(34)25-33)45-36-11-6-7-12-38(36)47(30-9-4-3-5-10-30)39-13-8-14-40(48-43)44(39)45/h3-27H,1-2H3. The van der Waals surface area contributed by atoms with Crippen LogP contribution in [0.2, 0.25) is 0 Å². The second kappa shape index (κ2) is 10.7. The summed E-state index contributed by atoms with van der Waals surface area (Å²) in [7, 11) is 0. The lowest BCUT2D eigenvalue weighted by Crippen LogP contribution is -2.59. The zero-order chi connectivity index (χ0) is 32.6. The maximum Gasteiger partial charge on any atom is 0.256 e. The number of ether oxygens (including phenoxy) is 1. The molecule has 0 saturated carbocycles. The van der Waals surface area contributed by atoms with Crippen LogP contribution >= 0.6 is 0 Å². The highest BCUT2D eigenvalue weighted by Crippen LogP contribution is 2.43. The van der Waals surface area contributed by atoms with Gasteiger partial charge in [0.1, 0.15) is 22.7 Å². The summed E-state index contributed by atoms with van der Waals surface area (Å²) in [5, 5.41) is 2.11. The van der Waals surface area contributed by atoms with Crippen LogP contribution < -0.4 is 30.9 Å². The van der Waals surface area contributed by atoms with E-state index in [1.54, 1.807) is 0 Å². The van der Waals surface area contributed by atoms with Crippen LogP contribution in [0.25, 0.3) is 21.9 Å². The van der Waals surface area contributed by atoms with Gasteiger partial charge < -0.3 is 19.0 Å². The van der Waals surface area contributed by atoms with Gasteiger partial charge in [0.15, 0.2) is 0 Å². The topological polar surface area (TPSA) is 28.9 Å². The van der Waals surface area contributed by atoms with E-state index in [9.17, 15) is 0 Å². The maximum absolute atomic E-state index is 6.77. The Morgan fingerprint density at radius 1 is 0.510 bits per heavy atom. The van der Waals surface area contributed by atoms with Crippen molar-refractivity contribution in [3.63, 3.8) is 0 Å². The Bertz CT molecular complexity index is 2510. The van der Waals surface area contributed by atoms with Crippen molar-refractivity contribution in [1.82, 2.24) is 0 Å². The number of hydrogen-bond donors (Lipinski definition) is 0.